The van der Waals surface area contributed by atoms with E-state index in [4.69, 9.17) is 4.74 Å². The van der Waals surface area contributed by atoms with Gasteiger partial charge < -0.3 is 15.0 Å². The molecule has 0 spiro atoms. The molecule has 4 heterocycles. The first kappa shape index (κ1) is 18.1. The molecule has 0 radical (unpaired) electrons. The topological polar surface area (TPSA) is 57.7 Å². The summed E-state index contributed by atoms with van der Waals surface area (Å²) in [7, 11) is 0. The highest BCUT2D eigenvalue weighted by molar-refractivity contribution is 7.99. The molecular weight excluding hydrogens is 348 g/mol. The fourth-order valence-electron chi connectivity index (χ4n) is 4.42. The highest BCUT2D eigenvalue weighted by Gasteiger charge is 2.41. The monoisotopic (exact) mass is 376 g/mol. The first-order chi connectivity index (χ1) is 12.8. The molecule has 7 heteroatoms. The van der Waals surface area contributed by atoms with Crippen molar-refractivity contribution in [2.45, 2.75) is 30.8 Å². The predicted octanol–water partition coefficient (Wildman–Crippen LogP) is 2.14. The van der Waals surface area contributed by atoms with Crippen molar-refractivity contribution in [2.75, 3.05) is 50.9 Å². The van der Waals surface area contributed by atoms with E-state index in [1.165, 1.54) is 11.3 Å². The van der Waals surface area contributed by atoms with Crippen LogP contribution in [-0.2, 0) is 4.74 Å². The van der Waals surface area contributed by atoms with Gasteiger partial charge in [0.15, 0.2) is 0 Å². The van der Waals surface area contributed by atoms with Gasteiger partial charge in [-0.25, -0.2) is 4.79 Å². The fourth-order valence-corrected chi connectivity index (χ4v) is 5.90. The molecule has 4 rings (SSSR count). The summed E-state index contributed by atoms with van der Waals surface area (Å²) in [5.41, 5.74) is 1.28. The van der Waals surface area contributed by atoms with E-state index < -0.39 is 0 Å². The van der Waals surface area contributed by atoms with Crippen molar-refractivity contribution >= 4 is 17.8 Å². The number of rotatable bonds is 4. The number of hydrogen-bond acceptors (Lipinski definition) is 5. The van der Waals surface area contributed by atoms with Gasteiger partial charge in [0.1, 0.15) is 0 Å². The molecule has 2 unspecified atom stereocenters. The molecule has 6 nitrogen and oxygen atoms in total. The minimum Gasteiger partial charge on any atom is -0.379 e. The summed E-state index contributed by atoms with van der Waals surface area (Å²) >= 11 is 2.00. The van der Waals surface area contributed by atoms with E-state index >= 15 is 0 Å². The first-order valence-corrected chi connectivity index (χ1v) is 10.8. The molecule has 0 aromatic carbocycles. The number of nitrogens with zero attached hydrogens (tertiary/aromatic N) is 3. The predicted molar refractivity (Wildman–Crippen MR) is 103 cm³/mol. The number of amides is 2. The van der Waals surface area contributed by atoms with Gasteiger partial charge in [0.2, 0.25) is 0 Å². The average Bonchev–Trinajstić information content (AvgIpc) is 3.38. The number of urea groups is 1. The Balaban J connectivity index is 1.40. The van der Waals surface area contributed by atoms with E-state index in [0.717, 1.165) is 64.4 Å². The van der Waals surface area contributed by atoms with Gasteiger partial charge in [-0.1, -0.05) is 0 Å². The van der Waals surface area contributed by atoms with E-state index in [-0.39, 0.29) is 17.6 Å². The van der Waals surface area contributed by atoms with E-state index in [2.05, 4.69) is 15.2 Å². The van der Waals surface area contributed by atoms with Gasteiger partial charge in [-0.2, -0.15) is 11.8 Å². The summed E-state index contributed by atoms with van der Waals surface area (Å²) in [6.45, 7) is 5.11. The van der Waals surface area contributed by atoms with Crippen molar-refractivity contribution in [2.24, 2.45) is 0 Å². The SMILES string of the molecule is O=C(NCC1(N2CCOCC2)CCSC1)N1CCCC1c1ccncc1. The van der Waals surface area contributed by atoms with Crippen molar-refractivity contribution in [3.8, 4) is 0 Å². The van der Waals surface area contributed by atoms with E-state index in [0.29, 0.717) is 0 Å². The Morgan fingerprint density at radius 2 is 2.12 bits per heavy atom. The maximum absolute atomic E-state index is 13.0. The Hall–Kier alpha value is -1.31. The number of morpholine rings is 1. The van der Waals surface area contributed by atoms with Crippen LogP contribution in [0.25, 0.3) is 0 Å². The molecule has 0 bridgehead atoms. The summed E-state index contributed by atoms with van der Waals surface area (Å²) in [5, 5.41) is 3.28. The van der Waals surface area contributed by atoms with Crippen LogP contribution in [0.4, 0.5) is 4.79 Å². The zero-order valence-electron chi connectivity index (χ0n) is 15.2. The number of pyridine rings is 1. The smallest absolute Gasteiger partial charge is 0.317 e. The standard InChI is InChI=1S/C19H28N4O2S/c24-18(23-8-1-2-17(23)16-3-6-20-7-4-16)21-14-19(5-13-26-15-19)22-9-11-25-12-10-22/h3-4,6-7,17H,1-2,5,8-15H2,(H,21,24). The number of aromatic nitrogens is 1. The number of thioether (sulfide) groups is 1. The summed E-state index contributed by atoms with van der Waals surface area (Å²) in [6, 6.07) is 4.31. The second kappa shape index (κ2) is 8.15. The molecule has 3 aliphatic heterocycles. The fraction of sp³-hybridized carbons (Fsp3) is 0.684. The van der Waals surface area contributed by atoms with Crippen LogP contribution in [-0.4, -0.2) is 77.3 Å². The Bertz CT molecular complexity index is 603. The highest BCUT2D eigenvalue weighted by atomic mass is 32.2. The number of nitrogens with one attached hydrogen (secondary N) is 1. The molecule has 2 atom stereocenters. The van der Waals surface area contributed by atoms with Gasteiger partial charge >= 0.3 is 6.03 Å². The lowest BCUT2D eigenvalue weighted by Crippen LogP contribution is -2.60. The van der Waals surface area contributed by atoms with Crippen LogP contribution in [0, 0.1) is 0 Å². The van der Waals surface area contributed by atoms with Gasteiger partial charge in [-0.3, -0.25) is 9.88 Å². The second-order valence-corrected chi connectivity index (χ2v) is 8.52. The maximum Gasteiger partial charge on any atom is 0.317 e. The number of carbonyl (C=O) groups excluding carboxylic acids is 1. The van der Waals surface area contributed by atoms with Crippen LogP contribution in [0.2, 0.25) is 0 Å². The molecule has 0 aliphatic carbocycles. The third-order valence-electron chi connectivity index (χ3n) is 5.94. The van der Waals surface area contributed by atoms with Gasteiger partial charge in [-0.15, -0.1) is 0 Å². The molecule has 1 N–H and O–H groups in total. The molecule has 3 fully saturated rings. The van der Waals surface area contributed by atoms with Crippen LogP contribution in [0.3, 0.4) is 0 Å². The molecule has 142 valence electrons. The maximum atomic E-state index is 13.0. The molecule has 3 saturated heterocycles. The number of carbonyl (C=O) groups is 1. The Kier molecular flexibility index (Phi) is 5.66. The van der Waals surface area contributed by atoms with Crippen molar-refractivity contribution in [1.29, 1.82) is 0 Å². The van der Waals surface area contributed by atoms with Crippen molar-refractivity contribution in [1.82, 2.24) is 20.1 Å². The summed E-state index contributed by atoms with van der Waals surface area (Å²) < 4.78 is 5.53. The number of likely N-dealkylation sites (tertiary alicyclic amines) is 1. The number of hydrogen-bond donors (Lipinski definition) is 1. The van der Waals surface area contributed by atoms with Crippen molar-refractivity contribution in [3.63, 3.8) is 0 Å². The van der Waals surface area contributed by atoms with Gasteiger partial charge in [-0.05, 0) is 42.7 Å². The lowest BCUT2D eigenvalue weighted by Gasteiger charge is -2.43. The lowest BCUT2D eigenvalue weighted by molar-refractivity contribution is -0.0127. The normalized spacial score (nSPS) is 29.8. The molecule has 1 aromatic rings. The summed E-state index contributed by atoms with van der Waals surface area (Å²) in [6.07, 6.45) is 6.86. The van der Waals surface area contributed by atoms with Crippen molar-refractivity contribution in [3.05, 3.63) is 30.1 Å². The van der Waals surface area contributed by atoms with Crippen LogP contribution >= 0.6 is 11.8 Å². The zero-order valence-corrected chi connectivity index (χ0v) is 16.0. The largest absolute Gasteiger partial charge is 0.379 e. The average molecular weight is 377 g/mol. The van der Waals surface area contributed by atoms with E-state index in [9.17, 15) is 4.79 Å². The van der Waals surface area contributed by atoms with Gasteiger partial charge in [0.05, 0.1) is 19.3 Å². The highest BCUT2D eigenvalue weighted by Crippen LogP contribution is 2.35. The Morgan fingerprint density at radius 3 is 2.85 bits per heavy atom. The minimum absolute atomic E-state index is 0.0776. The van der Waals surface area contributed by atoms with Crippen LogP contribution in [0.1, 0.15) is 30.9 Å². The molecular formula is C19H28N4O2S. The Labute approximate surface area is 159 Å². The third kappa shape index (κ3) is 3.70. The Morgan fingerprint density at radius 1 is 1.31 bits per heavy atom. The van der Waals surface area contributed by atoms with Crippen LogP contribution in [0.15, 0.2) is 24.5 Å². The molecule has 26 heavy (non-hydrogen) atoms. The molecule has 2 amide bonds. The van der Waals surface area contributed by atoms with Crippen LogP contribution < -0.4 is 5.32 Å². The third-order valence-corrected chi connectivity index (χ3v) is 7.17. The van der Waals surface area contributed by atoms with Crippen LogP contribution in [0.5, 0.6) is 0 Å². The lowest BCUT2D eigenvalue weighted by atomic mass is 9.95. The van der Waals surface area contributed by atoms with Gasteiger partial charge in [0, 0.05) is 49.9 Å². The molecule has 3 aliphatic rings. The molecule has 1 aromatic heterocycles. The quantitative estimate of drug-likeness (QED) is 0.872. The minimum atomic E-state index is 0.0776. The van der Waals surface area contributed by atoms with Crippen molar-refractivity contribution < 1.29 is 9.53 Å². The van der Waals surface area contributed by atoms with Gasteiger partial charge in [0.25, 0.3) is 0 Å². The summed E-state index contributed by atoms with van der Waals surface area (Å²) in [5.74, 6) is 2.28. The first-order valence-electron chi connectivity index (χ1n) is 9.63. The zero-order chi connectivity index (χ0) is 17.8. The summed E-state index contributed by atoms with van der Waals surface area (Å²) in [4.78, 5) is 21.6. The second-order valence-electron chi connectivity index (χ2n) is 7.42. The van der Waals surface area contributed by atoms with E-state index in [1.54, 1.807) is 0 Å². The van der Waals surface area contributed by atoms with E-state index in [1.807, 2.05) is 41.2 Å². The number of ether oxygens (including phenoxy) is 1. The molecule has 0 saturated carbocycles.